The summed E-state index contributed by atoms with van der Waals surface area (Å²) in [6.07, 6.45) is 5.61. The van der Waals surface area contributed by atoms with Crippen molar-refractivity contribution < 1.29 is 30.5 Å². The Hall–Kier alpha value is -2.78. The third-order valence-electron chi connectivity index (χ3n) is 3.61. The number of rotatable bonds is 5. The van der Waals surface area contributed by atoms with Crippen molar-refractivity contribution in [2.75, 3.05) is 11.9 Å². The fourth-order valence-electron chi connectivity index (χ4n) is 2.42. The predicted molar refractivity (Wildman–Crippen MR) is 98.6 cm³/mol. The zero-order valence-electron chi connectivity index (χ0n) is 14.5. The molecule has 2 heterocycles. The predicted octanol–water partition coefficient (Wildman–Crippen LogP) is 4.61. The molecular formula is C21H16N3O2Pt-3. The molecule has 6 heteroatoms. The molecule has 0 saturated heterocycles. The first-order valence-corrected chi connectivity index (χ1v) is 8.11. The summed E-state index contributed by atoms with van der Waals surface area (Å²) >= 11 is 0. The van der Waals surface area contributed by atoms with Gasteiger partial charge in [0.05, 0.1) is 0 Å². The van der Waals surface area contributed by atoms with Crippen molar-refractivity contribution >= 4 is 5.69 Å². The van der Waals surface area contributed by atoms with E-state index in [-0.39, 0.29) is 21.1 Å². The number of hydrogen-bond acceptors (Lipinski definition) is 5. The van der Waals surface area contributed by atoms with Crippen LogP contribution < -0.4 is 14.4 Å². The Labute approximate surface area is 173 Å². The molecule has 1 aliphatic rings. The summed E-state index contributed by atoms with van der Waals surface area (Å²) in [5, 5.41) is 0. The molecule has 27 heavy (non-hydrogen) atoms. The van der Waals surface area contributed by atoms with Crippen LogP contribution in [0.4, 0.5) is 5.69 Å². The molecule has 1 aliphatic heterocycles. The maximum absolute atomic E-state index is 5.89. The zero-order chi connectivity index (χ0) is 17.8. The van der Waals surface area contributed by atoms with Gasteiger partial charge in [0.1, 0.15) is 0 Å². The monoisotopic (exact) mass is 537 g/mol. The molecule has 0 spiro atoms. The van der Waals surface area contributed by atoms with Crippen LogP contribution in [0.1, 0.15) is 0 Å². The maximum atomic E-state index is 5.89. The average Bonchev–Trinajstić information content (AvgIpc) is 3.10. The van der Waals surface area contributed by atoms with E-state index >= 15 is 0 Å². The van der Waals surface area contributed by atoms with E-state index in [9.17, 15) is 0 Å². The second kappa shape index (κ2) is 8.74. The van der Waals surface area contributed by atoms with Gasteiger partial charge in [0.25, 0.3) is 0 Å². The molecular weight excluding hydrogens is 521 g/mol. The second-order valence-electron chi connectivity index (χ2n) is 5.64. The Bertz CT molecular complexity index is 918. The SMILES string of the molecule is CN1C=CN(c2[c-]c(Oc3[c-]c(Oc4ccccn4)ccc3)ccc2)[CH-]1.[Pt]. The van der Waals surface area contributed by atoms with Crippen LogP contribution in [0.5, 0.6) is 23.1 Å². The topological polar surface area (TPSA) is 37.8 Å². The van der Waals surface area contributed by atoms with Crippen LogP contribution in [0, 0.1) is 18.8 Å². The fourth-order valence-corrected chi connectivity index (χ4v) is 2.42. The van der Waals surface area contributed by atoms with Crippen LogP contribution in [0.25, 0.3) is 0 Å². The van der Waals surface area contributed by atoms with E-state index in [4.69, 9.17) is 9.47 Å². The number of hydrogen-bond donors (Lipinski definition) is 0. The smallest absolute Gasteiger partial charge is 0.216 e. The number of nitrogens with zero attached hydrogens (tertiary/aromatic N) is 3. The molecule has 4 rings (SSSR count). The molecule has 0 saturated carbocycles. The second-order valence-corrected chi connectivity index (χ2v) is 5.64. The summed E-state index contributed by atoms with van der Waals surface area (Å²) < 4.78 is 11.6. The molecule has 0 amide bonds. The fraction of sp³-hybridized carbons (Fsp3) is 0.0476. The van der Waals surface area contributed by atoms with Crippen molar-refractivity contribution in [3.63, 3.8) is 0 Å². The number of pyridine rings is 1. The minimum Gasteiger partial charge on any atom is -0.510 e. The Kier molecular flexibility index (Phi) is 6.15. The van der Waals surface area contributed by atoms with E-state index in [1.807, 2.05) is 84.4 Å². The number of anilines is 1. The first-order valence-electron chi connectivity index (χ1n) is 8.11. The van der Waals surface area contributed by atoms with Crippen LogP contribution in [0.2, 0.25) is 0 Å². The van der Waals surface area contributed by atoms with E-state index in [0.29, 0.717) is 23.1 Å². The summed E-state index contributed by atoms with van der Waals surface area (Å²) in [7, 11) is 1.97. The van der Waals surface area contributed by atoms with Crippen molar-refractivity contribution in [3.8, 4) is 23.1 Å². The molecule has 0 unspecified atom stereocenters. The molecule has 0 aliphatic carbocycles. The zero-order valence-corrected chi connectivity index (χ0v) is 16.8. The van der Waals surface area contributed by atoms with Gasteiger partial charge in [-0.2, -0.15) is 18.8 Å². The number of ether oxygens (including phenoxy) is 2. The average molecular weight is 537 g/mol. The first kappa shape index (κ1) is 19.0. The van der Waals surface area contributed by atoms with Crippen molar-refractivity contribution in [2.45, 2.75) is 0 Å². The molecule has 2 aromatic carbocycles. The molecule has 140 valence electrons. The quantitative estimate of drug-likeness (QED) is 0.445. The number of benzene rings is 2. The molecule has 1 aromatic heterocycles. The molecule has 3 aromatic rings. The molecule has 5 nitrogen and oxygen atoms in total. The van der Waals surface area contributed by atoms with Crippen LogP contribution in [-0.2, 0) is 21.1 Å². The van der Waals surface area contributed by atoms with Crippen LogP contribution in [0.15, 0.2) is 73.2 Å². The van der Waals surface area contributed by atoms with Gasteiger partial charge in [0, 0.05) is 50.6 Å². The molecule has 0 fully saturated rings. The third kappa shape index (κ3) is 4.89. The van der Waals surface area contributed by atoms with Gasteiger partial charge in [-0.1, -0.05) is 12.1 Å². The largest absolute Gasteiger partial charge is 0.510 e. The van der Waals surface area contributed by atoms with Crippen molar-refractivity contribution in [3.05, 3.63) is 92.0 Å². The maximum Gasteiger partial charge on any atom is 0.216 e. The van der Waals surface area contributed by atoms with E-state index in [1.165, 1.54) is 0 Å². The van der Waals surface area contributed by atoms with E-state index < -0.39 is 0 Å². The van der Waals surface area contributed by atoms with Gasteiger partial charge in [-0.05, 0) is 25.5 Å². The van der Waals surface area contributed by atoms with E-state index in [2.05, 4.69) is 17.1 Å². The Morgan fingerprint density at radius 2 is 1.59 bits per heavy atom. The van der Waals surface area contributed by atoms with E-state index in [1.54, 1.807) is 12.3 Å². The van der Waals surface area contributed by atoms with Crippen LogP contribution in [0.3, 0.4) is 0 Å². The summed E-state index contributed by atoms with van der Waals surface area (Å²) in [6.45, 7) is 1.96. The van der Waals surface area contributed by atoms with Gasteiger partial charge in [0.2, 0.25) is 5.88 Å². The third-order valence-corrected chi connectivity index (χ3v) is 3.61. The summed E-state index contributed by atoms with van der Waals surface area (Å²) in [6, 6.07) is 23.0. The molecule has 0 N–H and O–H groups in total. The summed E-state index contributed by atoms with van der Waals surface area (Å²) in [4.78, 5) is 8.08. The first-order chi connectivity index (χ1) is 12.8. The molecule has 0 radical (unpaired) electrons. The Balaban J connectivity index is 0.00000210. The van der Waals surface area contributed by atoms with Gasteiger partial charge in [-0.25, -0.2) is 4.98 Å². The molecule has 0 bridgehead atoms. The van der Waals surface area contributed by atoms with Crippen LogP contribution >= 0.6 is 0 Å². The molecule has 0 atom stereocenters. The van der Waals surface area contributed by atoms with Gasteiger partial charge in [0.15, 0.2) is 0 Å². The standard InChI is InChI=1S/C21H16N3O2.Pt/c1-23-12-13-24(16-23)17-6-4-7-18(14-17)25-19-8-5-9-20(15-19)26-21-10-2-3-11-22-21;/h2-13,16H,1H3;/q-3;. The van der Waals surface area contributed by atoms with Gasteiger partial charge in [-0.15, -0.1) is 36.0 Å². The minimum atomic E-state index is 0. The van der Waals surface area contributed by atoms with Crippen molar-refractivity contribution in [2.24, 2.45) is 0 Å². The minimum absolute atomic E-state index is 0. The normalized spacial score (nSPS) is 12.6. The Morgan fingerprint density at radius 3 is 2.30 bits per heavy atom. The van der Waals surface area contributed by atoms with Gasteiger partial charge < -0.3 is 19.3 Å². The van der Waals surface area contributed by atoms with Crippen molar-refractivity contribution in [1.29, 1.82) is 0 Å². The summed E-state index contributed by atoms with van der Waals surface area (Å²) in [5.41, 5.74) is 0.893. The van der Waals surface area contributed by atoms with Crippen LogP contribution in [-0.4, -0.2) is 16.9 Å². The number of aromatic nitrogens is 1. The summed E-state index contributed by atoms with van der Waals surface area (Å²) in [5.74, 6) is 2.19. The van der Waals surface area contributed by atoms with E-state index in [0.717, 1.165) is 5.69 Å². The van der Waals surface area contributed by atoms with Crippen molar-refractivity contribution in [1.82, 2.24) is 9.88 Å². The van der Waals surface area contributed by atoms with Gasteiger partial charge in [-0.3, -0.25) is 0 Å². The Morgan fingerprint density at radius 1 is 0.852 bits per heavy atom. The van der Waals surface area contributed by atoms with Gasteiger partial charge >= 0.3 is 0 Å².